The average Bonchev–Trinajstić information content (AvgIpc) is 3.29. The smallest absolute Gasteiger partial charge is 0.435 e. The third-order valence-electron chi connectivity index (χ3n) is 6.40. The van der Waals surface area contributed by atoms with Crippen LogP contribution < -0.4 is 10.6 Å². The number of ether oxygens (including phenoxy) is 3. The quantitative estimate of drug-likeness (QED) is 0.345. The van der Waals surface area contributed by atoms with Gasteiger partial charge in [0.15, 0.2) is 0 Å². The third kappa shape index (κ3) is 5.97. The maximum Gasteiger partial charge on any atom is 0.435 e. The Morgan fingerprint density at radius 3 is 2.30 bits per heavy atom. The molecule has 0 aromatic heterocycles. The first kappa shape index (κ1) is 25.9. The number of amides is 2. The van der Waals surface area contributed by atoms with Crippen molar-refractivity contribution in [1.82, 2.24) is 4.90 Å². The number of carbonyl (C=O) groups is 3. The van der Waals surface area contributed by atoms with Gasteiger partial charge < -0.3 is 29.7 Å². The van der Waals surface area contributed by atoms with E-state index in [0.29, 0.717) is 62.5 Å². The Morgan fingerprint density at radius 1 is 1.00 bits per heavy atom. The van der Waals surface area contributed by atoms with Crippen LogP contribution in [0.4, 0.5) is 10.5 Å². The van der Waals surface area contributed by atoms with E-state index in [0.717, 1.165) is 16.8 Å². The molecule has 37 heavy (non-hydrogen) atoms. The number of esters is 1. The van der Waals surface area contributed by atoms with Crippen LogP contribution in [-0.2, 0) is 30.2 Å². The molecule has 0 unspecified atom stereocenters. The van der Waals surface area contributed by atoms with Crippen LogP contribution in [0.1, 0.15) is 23.1 Å². The largest absolute Gasteiger partial charge is 0.469 e. The number of carbonyl (C=O) groups excluding carboxylic acids is 3. The molecule has 2 aliphatic heterocycles. The Balaban J connectivity index is 1.59. The average molecular weight is 507 g/mol. The highest BCUT2D eigenvalue weighted by Crippen LogP contribution is 2.34. The summed E-state index contributed by atoms with van der Waals surface area (Å²) in [5, 5.41) is 0. The van der Waals surface area contributed by atoms with Gasteiger partial charge in [-0.3, -0.25) is 9.59 Å². The summed E-state index contributed by atoms with van der Waals surface area (Å²) in [7, 11) is 2.61. The minimum Gasteiger partial charge on any atom is -0.469 e. The maximum atomic E-state index is 13.7. The summed E-state index contributed by atoms with van der Waals surface area (Å²) >= 11 is 0. The molecule has 2 N–H and O–H groups in total. The van der Waals surface area contributed by atoms with Gasteiger partial charge in [0.2, 0.25) is 0 Å². The van der Waals surface area contributed by atoms with E-state index < -0.39 is 6.09 Å². The number of nitrogens with zero attached hydrogens (tertiary/aromatic N) is 3. The molecule has 0 bridgehead atoms. The maximum absolute atomic E-state index is 13.7. The molecule has 4 rings (SSSR count). The van der Waals surface area contributed by atoms with E-state index in [1.54, 1.807) is 29.2 Å². The molecule has 0 atom stereocenters. The van der Waals surface area contributed by atoms with Gasteiger partial charge in [0, 0.05) is 36.5 Å². The molecule has 2 aromatic rings. The zero-order valence-electron chi connectivity index (χ0n) is 20.9. The van der Waals surface area contributed by atoms with E-state index >= 15 is 0 Å². The van der Waals surface area contributed by atoms with Crippen molar-refractivity contribution in [3.63, 3.8) is 0 Å². The normalized spacial score (nSPS) is 16.3. The molecule has 10 heteroatoms. The molecule has 10 nitrogen and oxygen atoms in total. The second kappa shape index (κ2) is 11.7. The number of anilines is 1. The Kier molecular flexibility index (Phi) is 8.19. The predicted molar refractivity (Wildman–Crippen MR) is 138 cm³/mol. The Bertz CT molecular complexity index is 1210. The van der Waals surface area contributed by atoms with Gasteiger partial charge in [0.1, 0.15) is 5.84 Å². The number of methoxy groups -OCH3 is 2. The number of hydrogen-bond donors (Lipinski definition) is 1. The van der Waals surface area contributed by atoms with Crippen molar-refractivity contribution >= 4 is 35.1 Å². The van der Waals surface area contributed by atoms with Crippen LogP contribution in [0.3, 0.4) is 0 Å². The number of nitrogens with two attached hydrogens (primary N) is 1. The highest BCUT2D eigenvalue weighted by Gasteiger charge is 2.35. The van der Waals surface area contributed by atoms with Gasteiger partial charge in [-0.1, -0.05) is 24.3 Å². The van der Waals surface area contributed by atoms with Crippen molar-refractivity contribution in [2.45, 2.75) is 12.8 Å². The lowest BCUT2D eigenvalue weighted by Gasteiger charge is -2.30. The molecule has 2 aromatic carbocycles. The summed E-state index contributed by atoms with van der Waals surface area (Å²) in [6.07, 6.45) is 0.0864. The van der Waals surface area contributed by atoms with Crippen molar-refractivity contribution in [1.29, 1.82) is 0 Å². The predicted octanol–water partition coefficient (Wildman–Crippen LogP) is 2.35. The van der Waals surface area contributed by atoms with E-state index in [2.05, 4.69) is 14.6 Å². The Hall–Kier alpha value is -4.18. The first-order valence-electron chi connectivity index (χ1n) is 12.0. The van der Waals surface area contributed by atoms with Crippen molar-refractivity contribution in [3.05, 3.63) is 70.9 Å². The summed E-state index contributed by atoms with van der Waals surface area (Å²) in [5.74, 6) is -0.327. The number of aryl methyl sites for hydroxylation is 1. The van der Waals surface area contributed by atoms with Gasteiger partial charge in [-0.15, -0.1) is 0 Å². The fourth-order valence-corrected chi connectivity index (χ4v) is 4.36. The van der Waals surface area contributed by atoms with Crippen LogP contribution in [0, 0.1) is 0 Å². The van der Waals surface area contributed by atoms with Crippen molar-refractivity contribution in [3.8, 4) is 0 Å². The van der Waals surface area contributed by atoms with Gasteiger partial charge in [-0.25, -0.2) is 4.79 Å². The SMILES string of the molecule is COC(=O)CCc1ccc(C2=C(N3CCOCC3)CN(c3ccc(/C(N)=N\C(=O)OC)cc3)C2=O)cc1. The van der Waals surface area contributed by atoms with Crippen LogP contribution in [-0.4, -0.2) is 75.8 Å². The van der Waals surface area contributed by atoms with Crippen molar-refractivity contribution in [2.75, 3.05) is 52.0 Å². The van der Waals surface area contributed by atoms with Crippen molar-refractivity contribution < 1.29 is 28.6 Å². The second-order valence-electron chi connectivity index (χ2n) is 8.60. The monoisotopic (exact) mass is 506 g/mol. The van der Waals surface area contributed by atoms with Gasteiger partial charge in [-0.05, 0) is 41.8 Å². The summed E-state index contributed by atoms with van der Waals surface area (Å²) in [4.78, 5) is 44.2. The number of amidine groups is 1. The summed E-state index contributed by atoms with van der Waals surface area (Å²) in [6, 6.07) is 14.7. The second-order valence-corrected chi connectivity index (χ2v) is 8.60. The van der Waals surface area contributed by atoms with Gasteiger partial charge >= 0.3 is 12.1 Å². The fourth-order valence-electron chi connectivity index (χ4n) is 4.36. The molecule has 0 saturated carbocycles. The molecule has 2 amide bonds. The number of hydrogen-bond acceptors (Lipinski definition) is 7. The Labute approximate surface area is 215 Å². The molecular formula is C27H30N4O6. The van der Waals surface area contributed by atoms with Crippen LogP contribution in [0.15, 0.2) is 59.2 Å². The van der Waals surface area contributed by atoms with Gasteiger partial charge in [-0.2, -0.15) is 4.99 Å². The Morgan fingerprint density at radius 2 is 1.68 bits per heavy atom. The highest BCUT2D eigenvalue weighted by molar-refractivity contribution is 6.29. The molecule has 1 saturated heterocycles. The third-order valence-corrected chi connectivity index (χ3v) is 6.40. The number of benzene rings is 2. The lowest BCUT2D eigenvalue weighted by molar-refractivity contribution is -0.140. The van der Waals surface area contributed by atoms with Crippen LogP contribution in [0.25, 0.3) is 5.57 Å². The number of morpholine rings is 1. The lowest BCUT2D eigenvalue weighted by Crippen LogP contribution is -2.37. The number of aliphatic imine (C=N–C) groups is 1. The molecule has 0 spiro atoms. The first-order chi connectivity index (χ1) is 17.9. The summed E-state index contributed by atoms with van der Waals surface area (Å²) in [5.41, 5.74) is 10.6. The molecular weight excluding hydrogens is 476 g/mol. The van der Waals surface area contributed by atoms with Crippen LogP contribution >= 0.6 is 0 Å². The van der Waals surface area contributed by atoms with Gasteiger partial charge in [0.25, 0.3) is 5.91 Å². The highest BCUT2D eigenvalue weighted by atomic mass is 16.5. The van der Waals surface area contributed by atoms with E-state index in [1.165, 1.54) is 14.2 Å². The lowest BCUT2D eigenvalue weighted by atomic mass is 10.0. The van der Waals surface area contributed by atoms with E-state index in [-0.39, 0.29) is 17.7 Å². The van der Waals surface area contributed by atoms with E-state index in [4.69, 9.17) is 15.2 Å². The van der Waals surface area contributed by atoms with Gasteiger partial charge in [0.05, 0.1) is 39.6 Å². The van der Waals surface area contributed by atoms with Crippen LogP contribution in [0.2, 0.25) is 0 Å². The number of rotatable bonds is 7. The fraction of sp³-hybridized carbons (Fsp3) is 0.333. The minimum atomic E-state index is -0.781. The molecule has 2 heterocycles. The van der Waals surface area contributed by atoms with Crippen LogP contribution in [0.5, 0.6) is 0 Å². The standard InChI is InChI=1S/C27H30N4O6/c1-35-23(32)12-5-18-3-6-19(7-4-18)24-22(30-13-15-37-16-14-30)17-31(26(24)33)21-10-8-20(9-11-21)25(28)29-27(34)36-2/h3-4,6-11H,5,12-17H2,1-2H3,(H2,28,29,34). The molecule has 0 radical (unpaired) electrons. The van der Waals surface area contributed by atoms with E-state index in [1.807, 2.05) is 24.3 Å². The molecule has 2 aliphatic rings. The molecule has 1 fully saturated rings. The zero-order chi connectivity index (χ0) is 26.4. The van der Waals surface area contributed by atoms with E-state index in [9.17, 15) is 14.4 Å². The first-order valence-corrected chi connectivity index (χ1v) is 12.0. The minimum absolute atomic E-state index is 0.0336. The summed E-state index contributed by atoms with van der Waals surface area (Å²) < 4.78 is 14.8. The summed E-state index contributed by atoms with van der Waals surface area (Å²) in [6.45, 7) is 3.03. The van der Waals surface area contributed by atoms with Crippen molar-refractivity contribution in [2.24, 2.45) is 10.7 Å². The topological polar surface area (TPSA) is 124 Å². The molecule has 0 aliphatic carbocycles. The molecule has 194 valence electrons. The zero-order valence-corrected chi connectivity index (χ0v) is 20.9.